The second kappa shape index (κ2) is 14.9. The van der Waals surface area contributed by atoms with Gasteiger partial charge < -0.3 is 20.4 Å². The van der Waals surface area contributed by atoms with Crippen molar-refractivity contribution in [2.45, 2.75) is 108 Å². The first-order valence-corrected chi connectivity index (χ1v) is 11.9. The minimum absolute atomic E-state index is 0.0247. The molecule has 1 unspecified atom stereocenters. The normalized spacial score (nSPS) is 26.2. The molecule has 4 N–H and O–H groups in total. The summed E-state index contributed by atoms with van der Waals surface area (Å²) in [7, 11) is 0. The highest BCUT2D eigenvalue weighted by molar-refractivity contribution is 5.79. The van der Waals surface area contributed by atoms with Crippen LogP contribution in [-0.4, -0.2) is 50.6 Å². The number of aliphatic hydroxyl groups is 4. The maximum Gasteiger partial charge on any atom is 0.158 e. The molecule has 0 heterocycles. The fourth-order valence-electron chi connectivity index (χ4n) is 4.49. The van der Waals surface area contributed by atoms with Crippen molar-refractivity contribution in [1.29, 1.82) is 0 Å². The molecule has 174 valence electrons. The molecule has 0 spiro atoms. The number of hydrogen-bond acceptors (Lipinski definition) is 5. The third-order valence-corrected chi connectivity index (χ3v) is 6.51. The molecule has 0 radical (unpaired) electrons. The molecule has 0 aromatic heterocycles. The molecule has 0 aromatic carbocycles. The lowest BCUT2D eigenvalue weighted by molar-refractivity contribution is -0.121. The lowest BCUT2D eigenvalue weighted by atomic mass is 9.86. The molecule has 1 fully saturated rings. The number of Topliss-reactive ketones (excluding diaryl/α,β-unsaturated/α-hetero) is 1. The maximum absolute atomic E-state index is 11.1. The number of ketones is 1. The summed E-state index contributed by atoms with van der Waals surface area (Å²) in [6.07, 6.45) is 15.4. The van der Waals surface area contributed by atoms with Gasteiger partial charge in [-0.25, -0.2) is 0 Å². The average Bonchev–Trinajstić information content (AvgIpc) is 3.00. The van der Waals surface area contributed by atoms with Gasteiger partial charge in [0, 0.05) is 18.8 Å². The maximum atomic E-state index is 11.1. The molecular weight excluding hydrogens is 380 g/mol. The molecule has 5 heteroatoms. The SMILES string of the molecule is C=CC(O)(CC=C[C@@H]1[C@@H](CCCCCCC(=O)CO)[C@@H](O)C[C@H]1O)CCCCCC. The highest BCUT2D eigenvalue weighted by Crippen LogP contribution is 2.37. The highest BCUT2D eigenvalue weighted by atomic mass is 16.3. The number of carbonyl (C=O) groups excluding carboxylic acids is 1. The largest absolute Gasteiger partial charge is 0.393 e. The van der Waals surface area contributed by atoms with Crippen LogP contribution in [0.1, 0.15) is 90.4 Å². The van der Waals surface area contributed by atoms with E-state index in [4.69, 9.17) is 5.11 Å². The first-order chi connectivity index (χ1) is 14.4. The Bertz CT molecular complexity index is 518. The smallest absolute Gasteiger partial charge is 0.158 e. The number of aliphatic hydroxyl groups excluding tert-OH is 3. The van der Waals surface area contributed by atoms with E-state index in [1.54, 1.807) is 6.08 Å². The Hall–Kier alpha value is -1.01. The van der Waals surface area contributed by atoms with Gasteiger partial charge in [0.2, 0.25) is 0 Å². The van der Waals surface area contributed by atoms with Crippen molar-refractivity contribution in [2.24, 2.45) is 11.8 Å². The van der Waals surface area contributed by atoms with E-state index in [1.165, 1.54) is 6.42 Å². The van der Waals surface area contributed by atoms with Crippen LogP contribution in [0.2, 0.25) is 0 Å². The van der Waals surface area contributed by atoms with Gasteiger partial charge in [0.25, 0.3) is 0 Å². The highest BCUT2D eigenvalue weighted by Gasteiger charge is 2.39. The van der Waals surface area contributed by atoms with Gasteiger partial charge in [0.1, 0.15) is 6.61 Å². The van der Waals surface area contributed by atoms with E-state index >= 15 is 0 Å². The zero-order chi connectivity index (χ0) is 22.4. The second-order valence-corrected chi connectivity index (χ2v) is 9.01. The number of hydrogen-bond donors (Lipinski definition) is 4. The molecule has 0 aliphatic heterocycles. The number of rotatable bonds is 17. The Kier molecular flexibility index (Phi) is 13.4. The van der Waals surface area contributed by atoms with Crippen molar-refractivity contribution in [1.82, 2.24) is 0 Å². The summed E-state index contributed by atoms with van der Waals surface area (Å²) >= 11 is 0. The zero-order valence-corrected chi connectivity index (χ0v) is 18.8. The van der Waals surface area contributed by atoms with Crippen LogP contribution in [0.15, 0.2) is 24.8 Å². The van der Waals surface area contributed by atoms with Gasteiger partial charge in [-0.1, -0.05) is 70.1 Å². The molecule has 0 amide bonds. The third kappa shape index (κ3) is 9.86. The molecule has 1 aliphatic rings. The second-order valence-electron chi connectivity index (χ2n) is 9.01. The van der Waals surface area contributed by atoms with Gasteiger partial charge >= 0.3 is 0 Å². The molecule has 5 nitrogen and oxygen atoms in total. The van der Waals surface area contributed by atoms with Gasteiger partial charge in [0.05, 0.1) is 17.8 Å². The van der Waals surface area contributed by atoms with Crippen LogP contribution in [0.4, 0.5) is 0 Å². The van der Waals surface area contributed by atoms with E-state index in [1.807, 2.05) is 12.2 Å². The lowest BCUT2D eigenvalue weighted by Crippen LogP contribution is -2.25. The summed E-state index contributed by atoms with van der Waals surface area (Å²) in [6, 6.07) is 0. The molecule has 1 aliphatic carbocycles. The average molecular weight is 425 g/mol. The fraction of sp³-hybridized carbons (Fsp3) is 0.800. The van der Waals surface area contributed by atoms with Crippen LogP contribution in [0.5, 0.6) is 0 Å². The molecule has 30 heavy (non-hydrogen) atoms. The van der Waals surface area contributed by atoms with E-state index in [0.29, 0.717) is 25.7 Å². The Labute approximate surface area is 182 Å². The van der Waals surface area contributed by atoms with Crippen LogP contribution >= 0.6 is 0 Å². The van der Waals surface area contributed by atoms with Crippen molar-refractivity contribution >= 4 is 5.78 Å². The third-order valence-electron chi connectivity index (χ3n) is 6.51. The van der Waals surface area contributed by atoms with Crippen LogP contribution in [-0.2, 0) is 4.79 Å². The van der Waals surface area contributed by atoms with Gasteiger partial charge in [-0.3, -0.25) is 4.79 Å². The van der Waals surface area contributed by atoms with Crippen molar-refractivity contribution in [2.75, 3.05) is 6.61 Å². The Morgan fingerprint density at radius 1 is 1.07 bits per heavy atom. The van der Waals surface area contributed by atoms with Gasteiger partial charge in [-0.05, 0) is 31.6 Å². The first kappa shape index (κ1) is 27.0. The Morgan fingerprint density at radius 2 is 1.77 bits per heavy atom. The van der Waals surface area contributed by atoms with Gasteiger partial charge in [-0.2, -0.15) is 0 Å². The van der Waals surface area contributed by atoms with Gasteiger partial charge in [-0.15, -0.1) is 6.58 Å². The van der Waals surface area contributed by atoms with E-state index < -0.39 is 17.8 Å². The standard InChI is InChI=1S/C25H44O5/c1-3-5-6-11-16-25(30,4-2)17-12-15-22-21(23(28)18-24(22)29)14-10-8-7-9-13-20(27)19-26/h4,12,15,21-24,26,28-30H,2-3,5-11,13-14,16-19H2,1H3/t21-,22-,23+,24-,25?/m1/s1. The zero-order valence-electron chi connectivity index (χ0n) is 18.8. The monoisotopic (exact) mass is 424 g/mol. The van der Waals surface area contributed by atoms with Crippen molar-refractivity contribution < 1.29 is 25.2 Å². The molecule has 0 saturated heterocycles. The summed E-state index contributed by atoms with van der Waals surface area (Å²) in [4.78, 5) is 11.1. The molecule has 0 aromatic rings. The summed E-state index contributed by atoms with van der Waals surface area (Å²) in [5.41, 5.74) is -0.909. The van der Waals surface area contributed by atoms with Gasteiger partial charge in [0.15, 0.2) is 5.78 Å². The van der Waals surface area contributed by atoms with E-state index in [2.05, 4.69) is 13.5 Å². The molecule has 5 atom stereocenters. The summed E-state index contributed by atoms with van der Waals surface area (Å²) in [6.45, 7) is 5.59. The molecular formula is C25H44O5. The lowest BCUT2D eigenvalue weighted by Gasteiger charge is -2.24. The first-order valence-electron chi connectivity index (χ1n) is 11.9. The minimum Gasteiger partial charge on any atom is -0.393 e. The van der Waals surface area contributed by atoms with Crippen LogP contribution in [0.3, 0.4) is 0 Å². The predicted octanol–water partition coefficient (Wildman–Crippen LogP) is 4.08. The minimum atomic E-state index is -0.909. The van der Waals surface area contributed by atoms with E-state index in [9.17, 15) is 20.1 Å². The van der Waals surface area contributed by atoms with Crippen LogP contribution < -0.4 is 0 Å². The molecule has 0 bridgehead atoms. The molecule has 1 saturated carbocycles. The number of carbonyl (C=O) groups is 1. The van der Waals surface area contributed by atoms with E-state index in [0.717, 1.165) is 51.4 Å². The number of unbranched alkanes of at least 4 members (excludes halogenated alkanes) is 6. The summed E-state index contributed by atoms with van der Waals surface area (Å²) < 4.78 is 0. The summed E-state index contributed by atoms with van der Waals surface area (Å²) in [5.74, 6) is -0.179. The van der Waals surface area contributed by atoms with Crippen molar-refractivity contribution in [3.8, 4) is 0 Å². The quantitative estimate of drug-likeness (QED) is 0.208. The van der Waals surface area contributed by atoms with Crippen molar-refractivity contribution in [3.05, 3.63) is 24.8 Å². The molecule has 1 rings (SSSR count). The summed E-state index contributed by atoms with van der Waals surface area (Å²) in [5, 5.41) is 40.2. The Balaban J connectivity index is 2.46. The Morgan fingerprint density at radius 3 is 2.43 bits per heavy atom. The topological polar surface area (TPSA) is 98.0 Å². The predicted molar refractivity (Wildman–Crippen MR) is 121 cm³/mol. The van der Waals surface area contributed by atoms with Crippen LogP contribution in [0.25, 0.3) is 0 Å². The van der Waals surface area contributed by atoms with Crippen LogP contribution in [0, 0.1) is 11.8 Å². The van der Waals surface area contributed by atoms with E-state index in [-0.39, 0.29) is 24.2 Å². The fourth-order valence-corrected chi connectivity index (χ4v) is 4.49. The van der Waals surface area contributed by atoms with Crippen molar-refractivity contribution in [3.63, 3.8) is 0 Å².